The fourth-order valence-corrected chi connectivity index (χ4v) is 2.94. The van der Waals surface area contributed by atoms with E-state index in [-0.39, 0.29) is 29.5 Å². The molecule has 1 N–H and O–H groups in total. The molecule has 2 aromatic rings. The summed E-state index contributed by atoms with van der Waals surface area (Å²) in [6, 6.07) is 14.2. The van der Waals surface area contributed by atoms with Gasteiger partial charge in [-0.25, -0.2) is 9.79 Å². The first-order valence-electron chi connectivity index (χ1n) is 8.87. The molecular formula is C22H20N2O4. The van der Waals surface area contributed by atoms with E-state index < -0.39 is 11.9 Å². The van der Waals surface area contributed by atoms with Crippen molar-refractivity contribution in [2.24, 2.45) is 9.98 Å². The first-order valence-corrected chi connectivity index (χ1v) is 8.87. The molecule has 0 aliphatic carbocycles. The zero-order valence-corrected chi connectivity index (χ0v) is 15.9. The van der Waals surface area contributed by atoms with Crippen molar-refractivity contribution in [2.75, 3.05) is 6.61 Å². The number of nitrogens with zero attached hydrogens (tertiary/aromatic N) is 2. The number of amidine groups is 1. The Morgan fingerprint density at radius 3 is 2.46 bits per heavy atom. The summed E-state index contributed by atoms with van der Waals surface area (Å²) in [6.07, 6.45) is 0. The lowest BCUT2D eigenvalue weighted by Crippen LogP contribution is -2.18. The van der Waals surface area contributed by atoms with Crippen molar-refractivity contribution >= 4 is 23.4 Å². The number of hydrogen-bond acceptors (Lipinski definition) is 4. The Balaban J connectivity index is 2.10. The maximum Gasteiger partial charge on any atom is 0.343 e. The third-order valence-corrected chi connectivity index (χ3v) is 4.19. The highest BCUT2D eigenvalue weighted by Gasteiger charge is 2.30. The number of carbonyl (C=O) groups excluding carboxylic acids is 2. The van der Waals surface area contributed by atoms with Gasteiger partial charge in [-0.3, -0.25) is 4.79 Å². The normalized spacial score (nSPS) is 15.0. The molecule has 0 unspecified atom stereocenters. The highest BCUT2D eigenvalue weighted by molar-refractivity contribution is 6.36. The minimum absolute atomic E-state index is 0.0393. The number of aryl methyl sites for hydroxylation is 1. The van der Waals surface area contributed by atoms with Crippen LogP contribution in [0.4, 0.5) is 0 Å². The molecule has 0 aromatic heterocycles. The fourth-order valence-electron chi connectivity index (χ4n) is 2.94. The molecule has 6 heteroatoms. The quantitative estimate of drug-likeness (QED) is 0.500. The number of fused-ring (bicyclic) bond motifs is 1. The van der Waals surface area contributed by atoms with Crippen molar-refractivity contribution in [3.05, 3.63) is 82.1 Å². The molecule has 0 saturated carbocycles. The van der Waals surface area contributed by atoms with Gasteiger partial charge < -0.3 is 9.84 Å². The van der Waals surface area contributed by atoms with E-state index in [4.69, 9.17) is 4.74 Å². The minimum Gasteiger partial charge on any atom is -0.512 e. The number of esters is 1. The Kier molecular flexibility index (Phi) is 5.49. The molecule has 0 radical (unpaired) electrons. The first kappa shape index (κ1) is 19.2. The molecule has 1 heterocycles. The van der Waals surface area contributed by atoms with Gasteiger partial charge in [-0.15, -0.1) is 0 Å². The zero-order chi connectivity index (χ0) is 20.3. The van der Waals surface area contributed by atoms with Crippen LogP contribution in [-0.4, -0.2) is 35.1 Å². The summed E-state index contributed by atoms with van der Waals surface area (Å²) in [5.41, 5.74) is 2.82. The topological polar surface area (TPSA) is 88.3 Å². The molecular weight excluding hydrogens is 356 g/mol. The molecule has 28 heavy (non-hydrogen) atoms. The second-order valence-corrected chi connectivity index (χ2v) is 6.30. The summed E-state index contributed by atoms with van der Waals surface area (Å²) in [4.78, 5) is 33.5. The van der Waals surface area contributed by atoms with Gasteiger partial charge in [0.25, 0.3) is 5.91 Å². The lowest BCUT2D eigenvalue weighted by atomic mass is 9.99. The molecule has 6 nitrogen and oxygen atoms in total. The zero-order valence-electron chi connectivity index (χ0n) is 15.9. The Hall–Kier alpha value is -3.54. The van der Waals surface area contributed by atoms with Gasteiger partial charge in [0.15, 0.2) is 5.84 Å². The van der Waals surface area contributed by atoms with Crippen LogP contribution in [0.15, 0.2) is 69.8 Å². The summed E-state index contributed by atoms with van der Waals surface area (Å²) in [7, 11) is 0. The fraction of sp³-hybridized carbons (Fsp3) is 0.182. The van der Waals surface area contributed by atoms with Gasteiger partial charge >= 0.3 is 5.97 Å². The Labute approximate surface area is 162 Å². The van der Waals surface area contributed by atoms with Gasteiger partial charge in [-0.1, -0.05) is 42.0 Å². The molecule has 0 atom stereocenters. The lowest BCUT2D eigenvalue weighted by Gasteiger charge is -2.08. The van der Waals surface area contributed by atoms with Crippen molar-refractivity contribution in [1.29, 1.82) is 0 Å². The van der Waals surface area contributed by atoms with Gasteiger partial charge in [0.2, 0.25) is 0 Å². The second-order valence-electron chi connectivity index (χ2n) is 6.30. The predicted molar refractivity (Wildman–Crippen MR) is 107 cm³/mol. The highest BCUT2D eigenvalue weighted by Crippen LogP contribution is 2.26. The van der Waals surface area contributed by atoms with Crippen molar-refractivity contribution in [3.8, 4) is 0 Å². The van der Waals surface area contributed by atoms with Gasteiger partial charge in [-0.2, -0.15) is 4.99 Å². The number of allylic oxidation sites excluding steroid dienone is 1. The molecule has 1 aliphatic heterocycles. The van der Waals surface area contributed by atoms with Crippen LogP contribution in [0.2, 0.25) is 0 Å². The third kappa shape index (κ3) is 3.76. The van der Waals surface area contributed by atoms with E-state index in [0.717, 1.165) is 5.56 Å². The monoisotopic (exact) mass is 376 g/mol. The number of aliphatic imine (C=N–C) groups is 2. The molecule has 0 bridgehead atoms. The molecule has 0 saturated heterocycles. The summed E-state index contributed by atoms with van der Waals surface area (Å²) in [6.45, 7) is 5.13. The largest absolute Gasteiger partial charge is 0.512 e. The Morgan fingerprint density at radius 1 is 1.11 bits per heavy atom. The maximum absolute atomic E-state index is 12.6. The van der Waals surface area contributed by atoms with Crippen LogP contribution < -0.4 is 0 Å². The standard InChI is InChI=1S/C22H20N2O4/c1-4-28-22(27)18(14(3)25)19-16-10-5-6-11-17(16)20(23-19)24-21(26)15-9-7-8-13(2)12-15/h5-12,25H,4H2,1-3H3/b18-14+,24-20?. The molecule has 1 amide bonds. The van der Waals surface area contributed by atoms with Gasteiger partial charge in [0, 0.05) is 16.7 Å². The molecule has 2 aromatic carbocycles. The average molecular weight is 376 g/mol. The van der Waals surface area contributed by atoms with Crippen LogP contribution >= 0.6 is 0 Å². The third-order valence-electron chi connectivity index (χ3n) is 4.19. The van der Waals surface area contributed by atoms with Crippen molar-refractivity contribution < 1.29 is 19.4 Å². The number of ether oxygens (including phenoxy) is 1. The lowest BCUT2D eigenvalue weighted by molar-refractivity contribution is -0.138. The molecule has 3 rings (SSSR count). The van der Waals surface area contributed by atoms with E-state index in [9.17, 15) is 14.7 Å². The van der Waals surface area contributed by atoms with Gasteiger partial charge in [0.05, 0.1) is 12.3 Å². The van der Waals surface area contributed by atoms with E-state index in [2.05, 4.69) is 9.98 Å². The van der Waals surface area contributed by atoms with Crippen molar-refractivity contribution in [2.45, 2.75) is 20.8 Å². The summed E-state index contributed by atoms with van der Waals surface area (Å²) in [5, 5.41) is 10.1. The highest BCUT2D eigenvalue weighted by atomic mass is 16.5. The smallest absolute Gasteiger partial charge is 0.343 e. The number of aliphatic hydroxyl groups excluding tert-OH is 1. The first-order chi connectivity index (χ1) is 13.4. The number of carbonyl (C=O) groups is 2. The molecule has 0 spiro atoms. The maximum atomic E-state index is 12.6. The van der Waals surface area contributed by atoms with Gasteiger partial charge in [0.1, 0.15) is 11.3 Å². The van der Waals surface area contributed by atoms with Crippen LogP contribution in [0.5, 0.6) is 0 Å². The number of aliphatic hydroxyl groups is 1. The van der Waals surface area contributed by atoms with Crippen LogP contribution in [0.3, 0.4) is 0 Å². The average Bonchev–Trinajstić information content (AvgIpc) is 3.00. The Morgan fingerprint density at radius 2 is 1.82 bits per heavy atom. The number of amides is 1. The van der Waals surface area contributed by atoms with Gasteiger partial charge in [-0.05, 0) is 32.9 Å². The van der Waals surface area contributed by atoms with Crippen LogP contribution in [0.25, 0.3) is 0 Å². The predicted octanol–water partition coefficient (Wildman–Crippen LogP) is 3.78. The van der Waals surface area contributed by atoms with Crippen molar-refractivity contribution in [1.82, 2.24) is 0 Å². The van der Waals surface area contributed by atoms with Crippen LogP contribution in [0.1, 0.15) is 40.9 Å². The molecule has 142 valence electrons. The van der Waals surface area contributed by atoms with Crippen molar-refractivity contribution in [3.63, 3.8) is 0 Å². The summed E-state index contributed by atoms with van der Waals surface area (Å²) >= 11 is 0. The minimum atomic E-state index is -0.678. The van der Waals surface area contributed by atoms with E-state index in [1.54, 1.807) is 49.4 Å². The number of benzene rings is 2. The van der Waals surface area contributed by atoms with Crippen LogP contribution in [0, 0.1) is 6.92 Å². The Bertz CT molecular complexity index is 1040. The summed E-state index contributed by atoms with van der Waals surface area (Å²) < 4.78 is 5.05. The van der Waals surface area contributed by atoms with Crippen LogP contribution in [-0.2, 0) is 9.53 Å². The van der Waals surface area contributed by atoms with E-state index in [1.165, 1.54) is 6.92 Å². The number of rotatable bonds is 4. The molecule has 0 fully saturated rings. The van der Waals surface area contributed by atoms with E-state index in [0.29, 0.717) is 16.7 Å². The van der Waals surface area contributed by atoms with E-state index >= 15 is 0 Å². The second kappa shape index (κ2) is 8.00. The SMILES string of the molecule is CCOC(=O)/C(C1=NC(=NC(=O)c2cccc(C)c2)c2ccccc21)=C(\C)O. The summed E-state index contributed by atoms with van der Waals surface area (Å²) in [5.74, 6) is -1.12. The van der Waals surface area contributed by atoms with E-state index in [1.807, 2.05) is 13.0 Å². The molecule has 1 aliphatic rings. The number of hydrogen-bond donors (Lipinski definition) is 1.